The summed E-state index contributed by atoms with van der Waals surface area (Å²) in [5.41, 5.74) is 6.34. The Bertz CT molecular complexity index is 729. The molecule has 114 valence electrons. The van der Waals surface area contributed by atoms with Crippen molar-refractivity contribution in [2.75, 3.05) is 18.9 Å². The van der Waals surface area contributed by atoms with E-state index in [1.165, 1.54) is 0 Å². The van der Waals surface area contributed by atoms with Gasteiger partial charge in [0.2, 0.25) is 10.0 Å². The highest BCUT2D eigenvalue weighted by atomic mass is 32.2. The van der Waals surface area contributed by atoms with Crippen molar-refractivity contribution in [2.24, 2.45) is 0 Å². The number of ether oxygens (including phenoxy) is 1. The first-order chi connectivity index (χ1) is 9.94. The lowest BCUT2D eigenvalue weighted by Gasteiger charge is -2.14. The number of nitrogens with two attached hydrogens (primary N) is 1. The average molecular weight is 308 g/mol. The number of anilines is 1. The third-order valence-corrected chi connectivity index (χ3v) is 4.65. The van der Waals surface area contributed by atoms with Crippen molar-refractivity contribution in [3.8, 4) is 0 Å². The first-order valence-electron chi connectivity index (χ1n) is 6.83. The number of fused-ring (bicyclic) bond motifs is 1. The van der Waals surface area contributed by atoms with E-state index in [0.717, 1.165) is 5.39 Å². The third-order valence-electron chi connectivity index (χ3n) is 3.17. The van der Waals surface area contributed by atoms with Crippen LogP contribution >= 0.6 is 0 Å². The van der Waals surface area contributed by atoms with Crippen LogP contribution in [0.5, 0.6) is 0 Å². The highest BCUT2D eigenvalue weighted by Crippen LogP contribution is 2.24. The maximum Gasteiger partial charge on any atom is 0.241 e. The summed E-state index contributed by atoms with van der Waals surface area (Å²) in [5, 5.41) is 1.46. The smallest absolute Gasteiger partial charge is 0.241 e. The molecule has 1 unspecified atom stereocenters. The Kier molecular flexibility index (Phi) is 4.82. The van der Waals surface area contributed by atoms with Gasteiger partial charge in [0.05, 0.1) is 11.0 Å². The number of benzene rings is 2. The minimum Gasteiger partial charge on any atom is -0.399 e. The molecule has 3 N–H and O–H groups in total. The van der Waals surface area contributed by atoms with Crippen LogP contribution in [0.4, 0.5) is 5.69 Å². The third kappa shape index (κ3) is 3.72. The number of hydrogen-bond acceptors (Lipinski definition) is 4. The van der Waals surface area contributed by atoms with Crippen LogP contribution in [-0.4, -0.2) is 27.7 Å². The zero-order valence-corrected chi connectivity index (χ0v) is 13.0. The van der Waals surface area contributed by atoms with Crippen LogP contribution in [-0.2, 0) is 14.8 Å². The Hall–Kier alpha value is -1.63. The van der Waals surface area contributed by atoms with Gasteiger partial charge < -0.3 is 10.5 Å². The molecule has 0 fully saturated rings. The normalized spacial score (nSPS) is 13.4. The van der Waals surface area contributed by atoms with Crippen molar-refractivity contribution >= 4 is 26.5 Å². The summed E-state index contributed by atoms with van der Waals surface area (Å²) >= 11 is 0. The standard InChI is InChI=1S/C15H20N2O3S/c1-3-20-11(2)10-17-21(18,19)15-6-4-5-12-9-13(16)7-8-14(12)15/h4-9,11,17H,3,10,16H2,1-2H3. The second kappa shape index (κ2) is 6.43. The Labute approximate surface area is 125 Å². The fourth-order valence-electron chi connectivity index (χ4n) is 2.16. The first kappa shape index (κ1) is 15.8. The summed E-state index contributed by atoms with van der Waals surface area (Å²) in [7, 11) is -3.58. The summed E-state index contributed by atoms with van der Waals surface area (Å²) in [5.74, 6) is 0. The second-order valence-corrected chi connectivity index (χ2v) is 6.59. The Balaban J connectivity index is 2.32. The Morgan fingerprint density at radius 2 is 2.05 bits per heavy atom. The maximum absolute atomic E-state index is 12.4. The highest BCUT2D eigenvalue weighted by Gasteiger charge is 2.18. The summed E-state index contributed by atoms with van der Waals surface area (Å²) in [6.07, 6.45) is -0.171. The van der Waals surface area contributed by atoms with Gasteiger partial charge in [-0.2, -0.15) is 0 Å². The van der Waals surface area contributed by atoms with Crippen LogP contribution in [0.1, 0.15) is 13.8 Å². The molecule has 0 aliphatic rings. The number of rotatable bonds is 6. The largest absolute Gasteiger partial charge is 0.399 e. The van der Waals surface area contributed by atoms with Crippen molar-refractivity contribution in [2.45, 2.75) is 24.8 Å². The van der Waals surface area contributed by atoms with E-state index in [1.54, 1.807) is 30.3 Å². The molecule has 0 amide bonds. The summed E-state index contributed by atoms with van der Waals surface area (Å²) in [6, 6.07) is 10.3. The molecule has 1 atom stereocenters. The minimum absolute atomic E-state index is 0.171. The monoisotopic (exact) mass is 308 g/mol. The molecule has 0 aliphatic carbocycles. The molecule has 5 nitrogen and oxygen atoms in total. The van der Waals surface area contributed by atoms with E-state index in [2.05, 4.69) is 4.72 Å². The van der Waals surface area contributed by atoms with E-state index in [9.17, 15) is 8.42 Å². The van der Waals surface area contributed by atoms with Gasteiger partial charge in [-0.25, -0.2) is 13.1 Å². The predicted molar refractivity (Wildman–Crippen MR) is 84.6 cm³/mol. The lowest BCUT2D eigenvalue weighted by atomic mass is 10.1. The van der Waals surface area contributed by atoms with E-state index < -0.39 is 10.0 Å². The molecular weight excluding hydrogens is 288 g/mol. The number of hydrogen-bond donors (Lipinski definition) is 2. The van der Waals surface area contributed by atoms with Crippen LogP contribution < -0.4 is 10.5 Å². The molecule has 0 aromatic heterocycles. The quantitative estimate of drug-likeness (QED) is 0.801. The molecule has 0 aliphatic heterocycles. The predicted octanol–water partition coefficient (Wildman–Crippen LogP) is 2.13. The van der Waals surface area contributed by atoms with E-state index in [4.69, 9.17) is 10.5 Å². The topological polar surface area (TPSA) is 81.4 Å². The maximum atomic E-state index is 12.4. The van der Waals surface area contributed by atoms with Crippen molar-refractivity contribution in [1.29, 1.82) is 0 Å². The van der Waals surface area contributed by atoms with Crippen molar-refractivity contribution in [3.63, 3.8) is 0 Å². The number of sulfonamides is 1. The van der Waals surface area contributed by atoms with Gasteiger partial charge in [0.1, 0.15) is 0 Å². The van der Waals surface area contributed by atoms with Crippen LogP contribution in [0, 0.1) is 0 Å². The molecule has 0 heterocycles. The van der Waals surface area contributed by atoms with Gasteiger partial charge >= 0.3 is 0 Å². The Morgan fingerprint density at radius 3 is 2.76 bits per heavy atom. The Morgan fingerprint density at radius 1 is 1.29 bits per heavy atom. The lowest BCUT2D eigenvalue weighted by molar-refractivity contribution is 0.0799. The number of nitrogen functional groups attached to an aromatic ring is 1. The first-order valence-corrected chi connectivity index (χ1v) is 8.32. The summed E-state index contributed by atoms with van der Waals surface area (Å²) < 4.78 is 32.8. The molecular formula is C15H20N2O3S. The molecule has 0 radical (unpaired) electrons. The number of nitrogens with one attached hydrogen (secondary N) is 1. The van der Waals surface area contributed by atoms with Crippen molar-refractivity contribution in [1.82, 2.24) is 4.72 Å². The van der Waals surface area contributed by atoms with Gasteiger partial charge in [-0.05, 0) is 37.4 Å². The van der Waals surface area contributed by atoms with Crippen LogP contribution in [0.3, 0.4) is 0 Å². The zero-order chi connectivity index (χ0) is 15.5. The van der Waals surface area contributed by atoms with Gasteiger partial charge in [-0.3, -0.25) is 0 Å². The minimum atomic E-state index is -3.58. The molecule has 0 saturated carbocycles. The van der Waals surface area contributed by atoms with Gasteiger partial charge in [0.25, 0.3) is 0 Å². The van der Waals surface area contributed by atoms with Crippen LogP contribution in [0.2, 0.25) is 0 Å². The van der Waals surface area contributed by atoms with Gasteiger partial charge in [0, 0.05) is 24.2 Å². The van der Waals surface area contributed by atoms with Gasteiger partial charge in [-0.1, -0.05) is 18.2 Å². The molecule has 0 bridgehead atoms. The summed E-state index contributed by atoms with van der Waals surface area (Å²) in [6.45, 7) is 4.49. The molecule has 2 rings (SSSR count). The van der Waals surface area contributed by atoms with Crippen molar-refractivity contribution in [3.05, 3.63) is 36.4 Å². The average Bonchev–Trinajstić information content (AvgIpc) is 2.44. The van der Waals surface area contributed by atoms with Crippen LogP contribution in [0.25, 0.3) is 10.8 Å². The van der Waals surface area contributed by atoms with E-state index in [1.807, 2.05) is 19.9 Å². The molecule has 2 aromatic rings. The lowest BCUT2D eigenvalue weighted by Crippen LogP contribution is -2.32. The van der Waals surface area contributed by atoms with Crippen LogP contribution in [0.15, 0.2) is 41.3 Å². The molecule has 0 spiro atoms. The molecule has 0 saturated heterocycles. The second-order valence-electron chi connectivity index (χ2n) is 4.85. The fourth-order valence-corrected chi connectivity index (χ4v) is 3.50. The summed E-state index contributed by atoms with van der Waals surface area (Å²) in [4.78, 5) is 0.253. The highest BCUT2D eigenvalue weighted by molar-refractivity contribution is 7.89. The molecule has 21 heavy (non-hydrogen) atoms. The van der Waals surface area contributed by atoms with E-state index in [0.29, 0.717) is 17.7 Å². The molecule has 6 heteroatoms. The van der Waals surface area contributed by atoms with Gasteiger partial charge in [-0.15, -0.1) is 0 Å². The van der Waals surface area contributed by atoms with Crippen molar-refractivity contribution < 1.29 is 13.2 Å². The fraction of sp³-hybridized carbons (Fsp3) is 0.333. The molecule has 2 aromatic carbocycles. The SMILES string of the molecule is CCOC(C)CNS(=O)(=O)c1cccc2cc(N)ccc12. The van der Waals surface area contributed by atoms with E-state index >= 15 is 0 Å². The zero-order valence-electron chi connectivity index (χ0n) is 12.2. The van der Waals surface area contributed by atoms with Gasteiger partial charge in [0.15, 0.2) is 0 Å². The van der Waals surface area contributed by atoms with E-state index in [-0.39, 0.29) is 17.5 Å².